The number of nitrogens with zero attached hydrogens (tertiary/aromatic N) is 2. The highest BCUT2D eigenvalue weighted by atomic mass is 35.5. The van der Waals surface area contributed by atoms with Crippen LogP contribution in [0.5, 0.6) is 17.2 Å². The molecule has 0 amide bonds. The maximum atomic E-state index is 11.0. The van der Waals surface area contributed by atoms with E-state index in [1.165, 1.54) is 64.2 Å². The molecule has 3 rings (SSSR count). The van der Waals surface area contributed by atoms with E-state index in [9.17, 15) is 10.2 Å². The van der Waals surface area contributed by atoms with E-state index >= 15 is 0 Å². The largest absolute Gasteiger partial charge is 0.502 e. The number of phenols is 1. The monoisotopic (exact) mass is 630 g/mol. The zero-order valence-corrected chi connectivity index (χ0v) is 28.3. The fourth-order valence-electron chi connectivity index (χ4n) is 5.85. The Labute approximate surface area is 272 Å². The summed E-state index contributed by atoms with van der Waals surface area (Å²) in [5, 5.41) is 22.4. The van der Waals surface area contributed by atoms with Crippen LogP contribution in [0.15, 0.2) is 36.4 Å². The molecule has 0 bridgehead atoms. The first-order valence-corrected chi connectivity index (χ1v) is 17.9. The number of β-amino-alcohol motifs (C(OH)–C–C–N with tert-alkyl or cyclic N) is 1. The summed E-state index contributed by atoms with van der Waals surface area (Å²) in [6.45, 7) is 10.7. The average molecular weight is 631 g/mol. The molecule has 2 N–H and O–H groups in total. The maximum Gasteiger partial charge on any atom is 0.200 e. The second kappa shape index (κ2) is 21.7. The predicted molar refractivity (Wildman–Crippen MR) is 183 cm³/mol. The molecule has 248 valence electrons. The van der Waals surface area contributed by atoms with Gasteiger partial charge in [0.2, 0.25) is 5.75 Å². The maximum absolute atomic E-state index is 11.0. The summed E-state index contributed by atoms with van der Waals surface area (Å²) < 4.78 is 12.3. The second-order valence-corrected chi connectivity index (χ2v) is 13.0. The van der Waals surface area contributed by atoms with Gasteiger partial charge in [0.15, 0.2) is 11.5 Å². The fourth-order valence-corrected chi connectivity index (χ4v) is 5.98. The lowest BCUT2D eigenvalue weighted by Crippen LogP contribution is -2.47. The Bertz CT molecular complexity index is 986. The molecular formula is C37H59ClN2O4. The quantitative estimate of drug-likeness (QED) is 0.119. The first-order valence-electron chi connectivity index (χ1n) is 17.5. The van der Waals surface area contributed by atoms with Gasteiger partial charge in [0.05, 0.1) is 19.3 Å². The number of aromatic hydroxyl groups is 1. The minimum Gasteiger partial charge on any atom is -0.502 e. The molecule has 6 nitrogen and oxygen atoms in total. The van der Waals surface area contributed by atoms with Gasteiger partial charge in [0, 0.05) is 44.3 Å². The number of phenolic OH excluding ortho intramolecular Hbond substituents is 1. The van der Waals surface area contributed by atoms with Crippen molar-refractivity contribution < 1.29 is 19.7 Å². The molecular weight excluding hydrogens is 572 g/mol. The van der Waals surface area contributed by atoms with Crippen LogP contribution in [0, 0.1) is 0 Å². The van der Waals surface area contributed by atoms with Gasteiger partial charge in [-0.3, -0.25) is 9.80 Å². The first-order chi connectivity index (χ1) is 21.5. The first kappa shape index (κ1) is 36.5. The third kappa shape index (κ3) is 14.0. The van der Waals surface area contributed by atoms with Crippen LogP contribution in [-0.4, -0.2) is 66.0 Å². The number of aliphatic hydroxyl groups excluding tert-OH is 1. The molecule has 1 unspecified atom stereocenters. The van der Waals surface area contributed by atoms with Gasteiger partial charge < -0.3 is 19.7 Å². The van der Waals surface area contributed by atoms with E-state index in [0.717, 1.165) is 69.5 Å². The smallest absolute Gasteiger partial charge is 0.200 e. The average Bonchev–Trinajstić information content (AvgIpc) is 3.02. The molecule has 0 aliphatic carbocycles. The molecule has 1 atom stereocenters. The van der Waals surface area contributed by atoms with E-state index in [-0.39, 0.29) is 5.75 Å². The van der Waals surface area contributed by atoms with Gasteiger partial charge in [-0.05, 0) is 48.2 Å². The van der Waals surface area contributed by atoms with Crippen molar-refractivity contribution in [3.05, 3.63) is 52.5 Å². The molecule has 1 aliphatic rings. The lowest BCUT2D eigenvalue weighted by molar-refractivity contribution is 0.0700. The minimum absolute atomic E-state index is 0.126. The SMILES string of the molecule is CCCCCCCCCOc1cc(CN2CCN(CC(O)c3ccc(Cl)cc3)CC2)cc(OCCCCCCCCC)c1O. The Balaban J connectivity index is 1.51. The number of benzene rings is 2. The summed E-state index contributed by atoms with van der Waals surface area (Å²) in [7, 11) is 0. The van der Waals surface area contributed by atoms with E-state index in [1.807, 2.05) is 36.4 Å². The summed E-state index contributed by atoms with van der Waals surface area (Å²) >= 11 is 6.01. The van der Waals surface area contributed by atoms with Crippen LogP contribution in [0.1, 0.15) is 121 Å². The van der Waals surface area contributed by atoms with Crippen molar-refractivity contribution in [2.24, 2.45) is 0 Å². The van der Waals surface area contributed by atoms with E-state index in [4.69, 9.17) is 21.1 Å². The molecule has 0 radical (unpaired) electrons. The molecule has 1 heterocycles. The summed E-state index contributed by atoms with van der Waals surface area (Å²) in [6, 6.07) is 11.4. The van der Waals surface area contributed by atoms with Crippen LogP contribution in [0.4, 0.5) is 0 Å². The van der Waals surface area contributed by atoms with Gasteiger partial charge in [-0.15, -0.1) is 0 Å². The molecule has 2 aromatic carbocycles. The Hall–Kier alpha value is -1.99. The van der Waals surface area contributed by atoms with Gasteiger partial charge in [0.25, 0.3) is 0 Å². The molecule has 44 heavy (non-hydrogen) atoms. The molecule has 1 saturated heterocycles. The highest BCUT2D eigenvalue weighted by Crippen LogP contribution is 2.38. The van der Waals surface area contributed by atoms with Gasteiger partial charge in [0.1, 0.15) is 0 Å². The van der Waals surface area contributed by atoms with Crippen molar-refractivity contribution >= 4 is 11.6 Å². The van der Waals surface area contributed by atoms with E-state index in [1.54, 1.807) is 0 Å². The van der Waals surface area contributed by atoms with Crippen LogP contribution < -0.4 is 9.47 Å². The summed E-state index contributed by atoms with van der Waals surface area (Å²) in [5.41, 5.74) is 2.00. The zero-order valence-electron chi connectivity index (χ0n) is 27.6. The summed E-state index contributed by atoms with van der Waals surface area (Å²) in [4.78, 5) is 4.75. The van der Waals surface area contributed by atoms with Crippen LogP contribution in [0.3, 0.4) is 0 Å². The van der Waals surface area contributed by atoms with Crippen molar-refractivity contribution in [3.8, 4) is 17.2 Å². The Morgan fingerprint density at radius 3 is 1.64 bits per heavy atom. The second-order valence-electron chi connectivity index (χ2n) is 12.5. The highest BCUT2D eigenvalue weighted by Gasteiger charge is 2.21. The van der Waals surface area contributed by atoms with Gasteiger partial charge >= 0.3 is 0 Å². The summed E-state index contributed by atoms with van der Waals surface area (Å²) in [6.07, 6.45) is 16.6. The molecule has 0 aromatic heterocycles. The standard InChI is InChI=1S/C37H59ClN2O4/c1-3-5-7-9-11-13-15-25-43-35-27-31(28-36(37(35)42)44-26-16-14-12-10-8-6-4-2)29-39-21-23-40(24-22-39)30-34(41)32-17-19-33(38)20-18-32/h17-20,27-28,34,41-42H,3-16,21-26,29-30H2,1-2H3. The van der Waals surface area contributed by atoms with Crippen molar-refractivity contribution in [1.29, 1.82) is 0 Å². The Morgan fingerprint density at radius 2 is 1.14 bits per heavy atom. The topological polar surface area (TPSA) is 65.4 Å². The molecule has 0 saturated carbocycles. The number of hydrogen-bond donors (Lipinski definition) is 2. The number of aliphatic hydroxyl groups is 1. The molecule has 0 spiro atoms. The van der Waals surface area contributed by atoms with Crippen LogP contribution in [-0.2, 0) is 6.54 Å². The Kier molecular flexibility index (Phi) is 18.0. The van der Waals surface area contributed by atoms with Gasteiger partial charge in [-0.2, -0.15) is 0 Å². The number of piperazine rings is 1. The molecule has 2 aromatic rings. The van der Waals surface area contributed by atoms with Crippen LogP contribution in [0.25, 0.3) is 0 Å². The number of unbranched alkanes of at least 4 members (excludes halogenated alkanes) is 12. The predicted octanol–water partition coefficient (Wildman–Crippen LogP) is 9.16. The van der Waals surface area contributed by atoms with E-state index < -0.39 is 6.10 Å². The van der Waals surface area contributed by atoms with Crippen molar-refractivity contribution in [2.75, 3.05) is 45.9 Å². The number of ether oxygens (including phenoxy) is 2. The zero-order chi connectivity index (χ0) is 31.4. The molecule has 7 heteroatoms. The van der Waals surface area contributed by atoms with Gasteiger partial charge in [-0.1, -0.05) is 115 Å². The normalized spacial score (nSPS) is 15.0. The minimum atomic E-state index is -0.525. The fraction of sp³-hybridized carbons (Fsp3) is 0.676. The molecule has 1 fully saturated rings. The van der Waals surface area contributed by atoms with Gasteiger partial charge in [-0.25, -0.2) is 0 Å². The van der Waals surface area contributed by atoms with Crippen LogP contribution in [0.2, 0.25) is 5.02 Å². The van der Waals surface area contributed by atoms with E-state index in [2.05, 4.69) is 23.6 Å². The lowest BCUT2D eigenvalue weighted by atomic mass is 10.1. The third-order valence-corrected chi connectivity index (χ3v) is 8.92. The molecule has 1 aliphatic heterocycles. The third-order valence-electron chi connectivity index (χ3n) is 8.67. The number of rotatable bonds is 23. The van der Waals surface area contributed by atoms with Crippen molar-refractivity contribution in [3.63, 3.8) is 0 Å². The highest BCUT2D eigenvalue weighted by molar-refractivity contribution is 6.30. The summed E-state index contributed by atoms with van der Waals surface area (Å²) in [5.74, 6) is 1.20. The van der Waals surface area contributed by atoms with Crippen molar-refractivity contribution in [2.45, 2.75) is 116 Å². The number of halogens is 1. The van der Waals surface area contributed by atoms with Crippen molar-refractivity contribution in [1.82, 2.24) is 9.80 Å². The Morgan fingerprint density at radius 1 is 0.682 bits per heavy atom. The number of hydrogen-bond acceptors (Lipinski definition) is 6. The van der Waals surface area contributed by atoms with E-state index in [0.29, 0.717) is 36.3 Å². The lowest BCUT2D eigenvalue weighted by Gasteiger charge is -2.35. The van der Waals surface area contributed by atoms with Crippen LogP contribution >= 0.6 is 11.6 Å².